The lowest BCUT2D eigenvalue weighted by Gasteiger charge is -2.60. The number of hydrogen-bond donors (Lipinski definition) is 2. The zero-order valence-corrected chi connectivity index (χ0v) is 38.1. The van der Waals surface area contributed by atoms with Gasteiger partial charge in [0.05, 0.1) is 35.5 Å². The van der Waals surface area contributed by atoms with Crippen LogP contribution in [0.3, 0.4) is 0 Å². The van der Waals surface area contributed by atoms with Crippen molar-refractivity contribution in [3.63, 3.8) is 0 Å². The van der Waals surface area contributed by atoms with E-state index in [1.54, 1.807) is 23.1 Å². The van der Waals surface area contributed by atoms with E-state index in [-0.39, 0.29) is 74.9 Å². The standard InChI is InChI=1S/C50H66N4O10/c1-7-24-53(48(57)61-33-49(4,5)6)45-30-43(52-63-31-35-18-20-38(21-19-35)54(58)59)41-28-36(15-9-11-25-55)40(17-10-12-26-56)46-42-29-39(60-32-37-16-13-14-34(3)51-37)22-23-44(42)64-50(45,47(41)46)62-27-8-2/h8,13-14,16,18-23,28-29,36,40,45-47,55-56H,2,7,9-12,15,17,24-27,30-33H2,1,3-6H3. The van der Waals surface area contributed by atoms with Crippen LogP contribution >= 0.6 is 0 Å². The molecule has 14 heteroatoms. The lowest BCUT2D eigenvalue weighted by molar-refractivity contribution is -0.384. The molecule has 1 aromatic heterocycles. The van der Waals surface area contributed by atoms with Gasteiger partial charge in [0, 0.05) is 55.5 Å². The Balaban J connectivity index is 1.54. The minimum Gasteiger partial charge on any atom is -0.487 e. The summed E-state index contributed by atoms with van der Waals surface area (Å²) in [6, 6.07) is 17.2. The number of nitrogens with zero attached hydrogens (tertiary/aromatic N) is 4. The monoisotopic (exact) mass is 882 g/mol. The maximum atomic E-state index is 14.5. The van der Waals surface area contributed by atoms with Crippen molar-refractivity contribution in [1.29, 1.82) is 0 Å². The van der Waals surface area contributed by atoms with Gasteiger partial charge in [0.15, 0.2) is 0 Å². The minimum atomic E-state index is -1.44. The van der Waals surface area contributed by atoms with Crippen molar-refractivity contribution in [2.75, 3.05) is 33.0 Å². The fourth-order valence-corrected chi connectivity index (χ4v) is 9.45. The molecule has 0 saturated heterocycles. The number of rotatable bonds is 22. The average Bonchev–Trinajstić information content (AvgIpc) is 3.27. The molecular weight excluding hydrogens is 817 g/mol. The Labute approximate surface area is 377 Å². The third kappa shape index (κ3) is 11.5. The summed E-state index contributed by atoms with van der Waals surface area (Å²) in [6.45, 7) is 15.2. The van der Waals surface area contributed by atoms with Crippen LogP contribution in [0.2, 0.25) is 0 Å². The molecule has 2 aromatic carbocycles. The van der Waals surface area contributed by atoms with Gasteiger partial charge in [-0.25, -0.2) is 4.79 Å². The predicted molar refractivity (Wildman–Crippen MR) is 244 cm³/mol. The molecule has 1 aliphatic heterocycles. The Morgan fingerprint density at radius 2 is 1.81 bits per heavy atom. The van der Waals surface area contributed by atoms with Gasteiger partial charge in [0.1, 0.15) is 30.8 Å². The SMILES string of the molecule is C=CCOC12Oc3ccc(OCc4cccc(C)n4)cc3C3C(CCCCO)C(CCCCO)C=C(C(=NOCc4ccc([N+](=O)[O-])cc4)CC1N(CCC)C(=O)OCC(C)(C)C)C32. The summed E-state index contributed by atoms with van der Waals surface area (Å²) < 4.78 is 26.9. The van der Waals surface area contributed by atoms with Gasteiger partial charge in [0.25, 0.3) is 5.69 Å². The number of fused-ring (bicyclic) bond motifs is 2. The summed E-state index contributed by atoms with van der Waals surface area (Å²) in [5.74, 6) is -0.877. The highest BCUT2D eigenvalue weighted by molar-refractivity contribution is 6.03. The van der Waals surface area contributed by atoms with Crippen LogP contribution in [0.1, 0.15) is 107 Å². The number of allylic oxidation sites excluding steroid dienone is 1. The van der Waals surface area contributed by atoms with Crippen molar-refractivity contribution >= 4 is 17.5 Å². The lowest BCUT2D eigenvalue weighted by atomic mass is 9.55. The number of amides is 1. The first kappa shape index (κ1) is 48.2. The number of nitro groups is 1. The molecule has 0 radical (unpaired) electrons. The third-order valence-corrected chi connectivity index (χ3v) is 12.2. The van der Waals surface area contributed by atoms with E-state index < -0.39 is 28.8 Å². The number of aromatic nitrogens is 1. The van der Waals surface area contributed by atoms with Crippen LogP contribution in [0.25, 0.3) is 0 Å². The van der Waals surface area contributed by atoms with Crippen LogP contribution in [0.15, 0.2) is 90.1 Å². The second-order valence-corrected chi connectivity index (χ2v) is 18.3. The Morgan fingerprint density at radius 1 is 1.06 bits per heavy atom. The second-order valence-electron chi connectivity index (χ2n) is 18.3. The van der Waals surface area contributed by atoms with Gasteiger partial charge in [-0.2, -0.15) is 0 Å². The van der Waals surface area contributed by atoms with Crippen molar-refractivity contribution in [2.45, 2.75) is 117 Å². The number of non-ortho nitro benzene ring substituents is 1. The first-order valence-corrected chi connectivity index (χ1v) is 22.7. The molecule has 3 aromatic rings. The predicted octanol–water partition coefficient (Wildman–Crippen LogP) is 9.61. The maximum absolute atomic E-state index is 14.5. The molecule has 3 aliphatic rings. The second kappa shape index (κ2) is 22.1. The van der Waals surface area contributed by atoms with E-state index in [1.165, 1.54) is 12.1 Å². The summed E-state index contributed by atoms with van der Waals surface area (Å²) in [5.41, 5.74) is 4.56. The number of ether oxygens (including phenoxy) is 4. The minimum absolute atomic E-state index is 0.0208. The summed E-state index contributed by atoms with van der Waals surface area (Å²) >= 11 is 0. The number of benzene rings is 2. The van der Waals surface area contributed by atoms with E-state index in [1.807, 2.05) is 65.0 Å². The number of oxime groups is 1. The molecule has 6 unspecified atom stereocenters. The van der Waals surface area contributed by atoms with E-state index in [0.717, 1.165) is 48.2 Å². The van der Waals surface area contributed by atoms with Crippen LogP contribution in [0.5, 0.6) is 11.5 Å². The molecule has 346 valence electrons. The molecule has 1 saturated carbocycles. The van der Waals surface area contributed by atoms with Crippen LogP contribution in [0, 0.1) is 40.2 Å². The molecule has 1 fully saturated rings. The Kier molecular flexibility index (Phi) is 16.6. The number of carbonyl (C=O) groups is 1. The molecule has 2 aliphatic carbocycles. The molecule has 14 nitrogen and oxygen atoms in total. The third-order valence-electron chi connectivity index (χ3n) is 12.2. The largest absolute Gasteiger partial charge is 0.487 e. The van der Waals surface area contributed by atoms with Crippen LogP contribution in [-0.2, 0) is 27.5 Å². The van der Waals surface area contributed by atoms with Gasteiger partial charge < -0.3 is 34.0 Å². The van der Waals surface area contributed by atoms with Crippen molar-refractivity contribution in [3.05, 3.63) is 118 Å². The zero-order chi connectivity index (χ0) is 45.9. The first-order valence-electron chi connectivity index (χ1n) is 22.7. The molecule has 64 heavy (non-hydrogen) atoms. The van der Waals surface area contributed by atoms with Gasteiger partial charge in [-0.1, -0.05) is 63.9 Å². The van der Waals surface area contributed by atoms with E-state index >= 15 is 0 Å². The van der Waals surface area contributed by atoms with Crippen molar-refractivity contribution < 1.29 is 43.7 Å². The number of pyridine rings is 1. The van der Waals surface area contributed by atoms with Crippen molar-refractivity contribution in [3.8, 4) is 11.5 Å². The number of aliphatic hydroxyl groups is 2. The fraction of sp³-hybridized carbons (Fsp3) is 0.540. The smallest absolute Gasteiger partial charge is 0.410 e. The molecule has 6 atom stereocenters. The molecule has 0 bridgehead atoms. The summed E-state index contributed by atoms with van der Waals surface area (Å²) in [6.07, 6.45) is 8.76. The zero-order valence-electron chi connectivity index (χ0n) is 38.1. The Bertz CT molecular complexity index is 2120. The van der Waals surface area contributed by atoms with Crippen LogP contribution in [0.4, 0.5) is 10.5 Å². The molecule has 1 amide bonds. The van der Waals surface area contributed by atoms with E-state index in [9.17, 15) is 25.1 Å². The fourth-order valence-electron chi connectivity index (χ4n) is 9.45. The number of aryl methyl sites for hydroxylation is 1. The summed E-state index contributed by atoms with van der Waals surface area (Å²) in [5, 5.41) is 36.2. The van der Waals surface area contributed by atoms with E-state index in [2.05, 4.69) is 23.7 Å². The molecule has 2 heterocycles. The van der Waals surface area contributed by atoms with Gasteiger partial charge in [-0.15, -0.1) is 6.58 Å². The quantitative estimate of drug-likeness (QED) is 0.0425. The number of unbranched alkanes of at least 4 members (excludes halogenated alkanes) is 2. The summed E-state index contributed by atoms with van der Waals surface area (Å²) in [4.78, 5) is 38.0. The number of aliphatic hydroxyl groups excluding tert-OH is 2. The molecule has 2 N–H and O–H groups in total. The van der Waals surface area contributed by atoms with E-state index in [0.29, 0.717) is 48.6 Å². The van der Waals surface area contributed by atoms with Crippen molar-refractivity contribution in [2.24, 2.45) is 28.3 Å². The number of nitro benzene ring substituents is 1. The maximum Gasteiger partial charge on any atom is 0.410 e. The van der Waals surface area contributed by atoms with Gasteiger partial charge in [0.2, 0.25) is 5.79 Å². The topological polar surface area (TPSA) is 175 Å². The molecular formula is C50H66N4O10. The highest BCUT2D eigenvalue weighted by Crippen LogP contribution is 2.62. The molecule has 0 spiro atoms. The van der Waals surface area contributed by atoms with Gasteiger partial charge >= 0.3 is 6.09 Å². The summed E-state index contributed by atoms with van der Waals surface area (Å²) in [7, 11) is 0. The Hall–Kier alpha value is -5.31. The Morgan fingerprint density at radius 3 is 2.48 bits per heavy atom. The van der Waals surface area contributed by atoms with Crippen LogP contribution < -0.4 is 9.47 Å². The van der Waals surface area contributed by atoms with Crippen molar-refractivity contribution in [1.82, 2.24) is 9.88 Å². The first-order chi connectivity index (χ1) is 30.8. The van der Waals surface area contributed by atoms with Crippen LogP contribution in [-0.4, -0.2) is 81.6 Å². The number of carbonyl (C=O) groups excluding carboxylic acids is 1. The lowest BCUT2D eigenvalue weighted by Crippen LogP contribution is -2.70. The van der Waals surface area contributed by atoms with Gasteiger partial charge in [-0.05, 0) is 110 Å². The highest BCUT2D eigenvalue weighted by atomic mass is 16.7. The number of hydrogen-bond acceptors (Lipinski definition) is 12. The van der Waals surface area contributed by atoms with Gasteiger partial charge in [-0.3, -0.25) is 20.0 Å². The normalized spacial score (nSPS) is 23.0. The highest BCUT2D eigenvalue weighted by Gasteiger charge is 2.65. The van der Waals surface area contributed by atoms with E-state index in [4.69, 9.17) is 28.9 Å². The average molecular weight is 883 g/mol. The molecule has 6 rings (SSSR count).